The molecule has 2 amide bonds. The van der Waals surface area contributed by atoms with Gasteiger partial charge >= 0.3 is 0 Å². The second-order valence-electron chi connectivity index (χ2n) is 10.7. The molecule has 0 aromatic heterocycles. The van der Waals surface area contributed by atoms with Gasteiger partial charge in [0.25, 0.3) is 0 Å². The van der Waals surface area contributed by atoms with Gasteiger partial charge < -0.3 is 10.2 Å². The summed E-state index contributed by atoms with van der Waals surface area (Å²) in [5.41, 5.74) is 2.06. The summed E-state index contributed by atoms with van der Waals surface area (Å²) in [5, 5.41) is 2.78. The number of nitrogens with one attached hydrogen (secondary N) is 1. The van der Waals surface area contributed by atoms with Crippen LogP contribution in [0.4, 0.5) is 0 Å². The first-order chi connectivity index (χ1) is 14.5. The molecule has 2 rings (SSSR count). The van der Waals surface area contributed by atoms with Crippen molar-refractivity contribution in [2.45, 2.75) is 72.1 Å². The number of rotatable bonds is 5. The third-order valence-electron chi connectivity index (χ3n) is 5.82. The minimum atomic E-state index is -3.64. The lowest BCUT2D eigenvalue weighted by atomic mass is 9.85. The van der Waals surface area contributed by atoms with Crippen molar-refractivity contribution in [3.05, 3.63) is 28.8 Å². The largest absolute Gasteiger partial charge is 0.355 e. The van der Waals surface area contributed by atoms with Gasteiger partial charge in [0, 0.05) is 44.6 Å². The molecular formula is C24H39N3O4S. The number of amides is 2. The molecular weight excluding hydrogens is 426 g/mol. The highest BCUT2D eigenvalue weighted by molar-refractivity contribution is 7.89. The van der Waals surface area contributed by atoms with Crippen molar-refractivity contribution in [1.29, 1.82) is 0 Å². The summed E-state index contributed by atoms with van der Waals surface area (Å²) in [7, 11) is -3.64. The molecule has 0 spiro atoms. The Balaban J connectivity index is 2.02. The Labute approximate surface area is 193 Å². The molecule has 0 bridgehead atoms. The van der Waals surface area contributed by atoms with Gasteiger partial charge in [-0.3, -0.25) is 9.59 Å². The summed E-state index contributed by atoms with van der Waals surface area (Å²) in [6, 6.07) is 3.93. The van der Waals surface area contributed by atoms with Crippen LogP contribution in [-0.4, -0.2) is 62.2 Å². The van der Waals surface area contributed by atoms with Crippen LogP contribution in [-0.2, 0) is 25.0 Å². The maximum Gasteiger partial charge on any atom is 0.243 e. The van der Waals surface area contributed by atoms with Gasteiger partial charge in [0.15, 0.2) is 0 Å². The fourth-order valence-corrected chi connectivity index (χ4v) is 5.64. The van der Waals surface area contributed by atoms with E-state index in [4.69, 9.17) is 0 Å². The molecule has 1 aliphatic heterocycles. The minimum Gasteiger partial charge on any atom is -0.355 e. The first kappa shape index (κ1) is 26.3. The lowest BCUT2D eigenvalue weighted by Crippen LogP contribution is -2.51. The van der Waals surface area contributed by atoms with Gasteiger partial charge in [-0.2, -0.15) is 4.31 Å². The highest BCUT2D eigenvalue weighted by atomic mass is 32.2. The number of hydrogen-bond acceptors (Lipinski definition) is 4. The minimum absolute atomic E-state index is 0.0594. The van der Waals surface area contributed by atoms with Crippen molar-refractivity contribution in [1.82, 2.24) is 14.5 Å². The Morgan fingerprint density at radius 1 is 0.938 bits per heavy atom. The molecule has 1 fully saturated rings. The molecule has 0 aliphatic carbocycles. The quantitative estimate of drug-likeness (QED) is 0.724. The maximum absolute atomic E-state index is 13.4. The zero-order valence-electron chi connectivity index (χ0n) is 20.8. The van der Waals surface area contributed by atoms with Crippen molar-refractivity contribution in [2.24, 2.45) is 5.41 Å². The normalized spacial score (nSPS) is 16.2. The van der Waals surface area contributed by atoms with E-state index in [1.807, 2.05) is 46.8 Å². The summed E-state index contributed by atoms with van der Waals surface area (Å²) in [4.78, 5) is 26.5. The first-order valence-electron chi connectivity index (χ1n) is 11.2. The van der Waals surface area contributed by atoms with E-state index in [0.717, 1.165) is 16.7 Å². The topological polar surface area (TPSA) is 86.8 Å². The smallest absolute Gasteiger partial charge is 0.243 e. The zero-order valence-corrected chi connectivity index (χ0v) is 21.6. The zero-order chi connectivity index (χ0) is 24.5. The molecule has 32 heavy (non-hydrogen) atoms. The number of nitrogens with zero attached hydrogens (tertiary/aromatic N) is 2. The summed E-state index contributed by atoms with van der Waals surface area (Å²) in [6.07, 6.45) is 0.209. The van der Waals surface area contributed by atoms with Gasteiger partial charge in [0.1, 0.15) is 0 Å². The van der Waals surface area contributed by atoms with Crippen LogP contribution in [0.25, 0.3) is 0 Å². The third-order valence-corrected chi connectivity index (χ3v) is 8.03. The van der Waals surface area contributed by atoms with Crippen LogP contribution in [0.3, 0.4) is 0 Å². The van der Waals surface area contributed by atoms with Crippen molar-refractivity contribution in [3.63, 3.8) is 0 Å². The lowest BCUT2D eigenvalue weighted by Gasteiger charge is -2.35. The fraction of sp³-hybridized carbons (Fsp3) is 0.667. The second kappa shape index (κ2) is 9.51. The Kier molecular flexibility index (Phi) is 7.83. The fourth-order valence-electron chi connectivity index (χ4n) is 3.80. The first-order valence-corrected chi connectivity index (χ1v) is 12.7. The number of hydrogen-bond donors (Lipinski definition) is 1. The molecule has 1 saturated heterocycles. The third kappa shape index (κ3) is 6.10. The Morgan fingerprint density at radius 3 is 1.88 bits per heavy atom. The average Bonchev–Trinajstić information content (AvgIpc) is 2.65. The van der Waals surface area contributed by atoms with Gasteiger partial charge in [-0.25, -0.2) is 8.42 Å². The highest BCUT2D eigenvalue weighted by Gasteiger charge is 2.33. The lowest BCUT2D eigenvalue weighted by molar-refractivity contribution is -0.132. The molecule has 0 saturated carbocycles. The molecule has 1 aromatic rings. The van der Waals surface area contributed by atoms with Gasteiger partial charge in [-0.05, 0) is 36.0 Å². The maximum atomic E-state index is 13.4. The molecule has 0 atom stereocenters. The Bertz CT molecular complexity index is 941. The number of benzene rings is 1. The molecule has 180 valence electrons. The summed E-state index contributed by atoms with van der Waals surface area (Å²) >= 11 is 0. The summed E-state index contributed by atoms with van der Waals surface area (Å²) in [6.45, 7) is 17.0. The molecule has 0 radical (unpaired) electrons. The Hall–Kier alpha value is -1.93. The molecule has 1 aromatic carbocycles. The van der Waals surface area contributed by atoms with Crippen molar-refractivity contribution in [2.75, 3.05) is 32.7 Å². The SMILES string of the molecule is Cc1cc(C(C)(C)C)cc(C)c1S(=O)(=O)N1CCN(C(=O)CCNC(=O)C(C)(C)C)CC1. The summed E-state index contributed by atoms with van der Waals surface area (Å²) in [5.74, 6) is -0.164. The van der Waals surface area contributed by atoms with Crippen LogP contribution in [0.15, 0.2) is 17.0 Å². The number of piperazine rings is 1. The van der Waals surface area contributed by atoms with E-state index < -0.39 is 15.4 Å². The second-order valence-corrected chi connectivity index (χ2v) is 12.6. The van der Waals surface area contributed by atoms with E-state index in [2.05, 4.69) is 26.1 Å². The van der Waals surface area contributed by atoms with Gasteiger partial charge in [-0.15, -0.1) is 0 Å². The van der Waals surface area contributed by atoms with E-state index in [-0.39, 0.29) is 43.3 Å². The van der Waals surface area contributed by atoms with Crippen LogP contribution in [0.2, 0.25) is 0 Å². The number of carbonyl (C=O) groups excluding carboxylic acids is 2. The number of sulfonamides is 1. The van der Waals surface area contributed by atoms with Crippen LogP contribution >= 0.6 is 0 Å². The van der Waals surface area contributed by atoms with E-state index in [1.54, 1.807) is 4.90 Å². The van der Waals surface area contributed by atoms with Crippen molar-refractivity contribution >= 4 is 21.8 Å². The molecule has 1 heterocycles. The van der Waals surface area contributed by atoms with E-state index >= 15 is 0 Å². The number of aryl methyl sites for hydroxylation is 2. The summed E-state index contributed by atoms with van der Waals surface area (Å²) < 4.78 is 28.2. The molecule has 0 unspecified atom stereocenters. The van der Waals surface area contributed by atoms with Gasteiger partial charge in [0.05, 0.1) is 4.90 Å². The molecule has 8 heteroatoms. The van der Waals surface area contributed by atoms with Gasteiger partial charge in [0.2, 0.25) is 21.8 Å². The van der Waals surface area contributed by atoms with Crippen molar-refractivity contribution < 1.29 is 18.0 Å². The van der Waals surface area contributed by atoms with E-state index in [9.17, 15) is 18.0 Å². The van der Waals surface area contributed by atoms with Crippen molar-refractivity contribution in [3.8, 4) is 0 Å². The standard InChI is InChI=1S/C24H39N3O4S/c1-17-15-19(23(3,4)5)16-18(2)21(17)32(30,31)27-13-11-26(12-14-27)20(28)9-10-25-22(29)24(6,7)8/h15-16H,9-14H2,1-8H3,(H,25,29). The molecule has 1 aliphatic rings. The predicted molar refractivity (Wildman–Crippen MR) is 127 cm³/mol. The molecule has 7 nitrogen and oxygen atoms in total. The van der Waals surface area contributed by atoms with Crippen LogP contribution in [0.1, 0.15) is 64.7 Å². The number of carbonyl (C=O) groups is 2. The van der Waals surface area contributed by atoms with Crippen LogP contribution in [0.5, 0.6) is 0 Å². The van der Waals surface area contributed by atoms with Crippen LogP contribution in [0, 0.1) is 19.3 Å². The van der Waals surface area contributed by atoms with Crippen LogP contribution < -0.4 is 5.32 Å². The van der Waals surface area contributed by atoms with E-state index in [0.29, 0.717) is 18.0 Å². The predicted octanol–water partition coefficient (Wildman–Crippen LogP) is 2.99. The monoisotopic (exact) mass is 465 g/mol. The molecule has 1 N–H and O–H groups in total. The average molecular weight is 466 g/mol. The van der Waals surface area contributed by atoms with Gasteiger partial charge in [-0.1, -0.05) is 53.7 Å². The highest BCUT2D eigenvalue weighted by Crippen LogP contribution is 2.31. The Morgan fingerprint density at radius 2 is 1.44 bits per heavy atom. The van der Waals surface area contributed by atoms with E-state index in [1.165, 1.54) is 4.31 Å².